The number of aryl methyl sites for hydroxylation is 1. The molecular weight excluding hydrogens is 313 g/mol. The average molecular weight is 331 g/mol. The SMILES string of the molecule is Cc1cn([C@H]2C[C@@H]3O[P@](=O)(N(C)C)OC[C@H]3O2)c(=O)[nH]c1=O. The van der Waals surface area contributed by atoms with Gasteiger partial charge in [0.2, 0.25) is 0 Å². The summed E-state index contributed by atoms with van der Waals surface area (Å²) in [5.74, 6) is 0. The molecule has 122 valence electrons. The van der Waals surface area contributed by atoms with Gasteiger partial charge >= 0.3 is 13.4 Å². The second-order valence-corrected chi connectivity index (χ2v) is 7.81. The third-order valence-corrected chi connectivity index (χ3v) is 5.79. The van der Waals surface area contributed by atoms with E-state index in [0.29, 0.717) is 12.0 Å². The molecule has 2 saturated heterocycles. The molecule has 10 heteroatoms. The van der Waals surface area contributed by atoms with Crippen LogP contribution in [0.4, 0.5) is 0 Å². The summed E-state index contributed by atoms with van der Waals surface area (Å²) in [6.07, 6.45) is 0.403. The van der Waals surface area contributed by atoms with Crippen molar-refractivity contribution in [2.24, 2.45) is 0 Å². The molecule has 0 amide bonds. The van der Waals surface area contributed by atoms with Crippen LogP contribution in [0.5, 0.6) is 0 Å². The molecule has 3 heterocycles. The molecule has 0 radical (unpaired) electrons. The van der Waals surface area contributed by atoms with Crippen LogP contribution in [-0.2, 0) is 18.3 Å². The lowest BCUT2D eigenvalue weighted by Gasteiger charge is -2.33. The molecule has 1 aromatic heterocycles. The molecule has 2 aliphatic heterocycles. The number of aromatic amines is 1. The number of rotatable bonds is 2. The lowest BCUT2D eigenvalue weighted by Crippen LogP contribution is -2.35. The lowest BCUT2D eigenvalue weighted by molar-refractivity contribution is -0.0638. The fourth-order valence-corrected chi connectivity index (χ4v) is 3.89. The van der Waals surface area contributed by atoms with E-state index in [1.807, 2.05) is 0 Å². The van der Waals surface area contributed by atoms with Gasteiger partial charge in [-0.2, -0.15) is 0 Å². The van der Waals surface area contributed by atoms with Crippen molar-refractivity contribution in [2.75, 3.05) is 20.7 Å². The first-order valence-corrected chi connectivity index (χ1v) is 8.38. The minimum atomic E-state index is -3.29. The van der Waals surface area contributed by atoms with Crippen LogP contribution in [-0.4, -0.2) is 47.1 Å². The topological polar surface area (TPSA) is 103 Å². The summed E-state index contributed by atoms with van der Waals surface area (Å²) in [5.41, 5.74) is -0.557. The van der Waals surface area contributed by atoms with E-state index >= 15 is 0 Å². The molecular formula is C12H18N3O6P. The van der Waals surface area contributed by atoms with Crippen molar-refractivity contribution in [1.82, 2.24) is 14.2 Å². The zero-order valence-corrected chi connectivity index (χ0v) is 13.4. The molecule has 22 heavy (non-hydrogen) atoms. The summed E-state index contributed by atoms with van der Waals surface area (Å²) in [7, 11) is -0.0640. The summed E-state index contributed by atoms with van der Waals surface area (Å²) in [5, 5.41) is 0. The van der Waals surface area contributed by atoms with E-state index in [1.54, 1.807) is 21.0 Å². The van der Waals surface area contributed by atoms with Crippen LogP contribution in [0.2, 0.25) is 0 Å². The number of H-pyrrole nitrogens is 1. The van der Waals surface area contributed by atoms with Crippen molar-refractivity contribution in [3.05, 3.63) is 32.6 Å². The Kier molecular flexibility index (Phi) is 3.86. The first kappa shape index (κ1) is 15.6. The normalized spacial score (nSPS) is 34.8. The van der Waals surface area contributed by atoms with Crippen LogP contribution in [0.3, 0.4) is 0 Å². The van der Waals surface area contributed by atoms with Gasteiger partial charge in [-0.1, -0.05) is 0 Å². The predicted molar refractivity (Wildman–Crippen MR) is 76.7 cm³/mol. The third-order valence-electron chi connectivity index (χ3n) is 3.80. The second kappa shape index (κ2) is 5.43. The van der Waals surface area contributed by atoms with E-state index in [-0.39, 0.29) is 6.61 Å². The maximum atomic E-state index is 12.4. The first-order chi connectivity index (χ1) is 10.3. The van der Waals surface area contributed by atoms with Crippen LogP contribution in [0, 0.1) is 6.92 Å². The Morgan fingerprint density at radius 1 is 1.36 bits per heavy atom. The molecule has 1 N–H and O–H groups in total. The lowest BCUT2D eigenvalue weighted by atomic mass is 10.2. The molecule has 0 saturated carbocycles. The van der Waals surface area contributed by atoms with E-state index in [9.17, 15) is 14.2 Å². The van der Waals surface area contributed by atoms with Crippen LogP contribution in [0.15, 0.2) is 15.8 Å². The van der Waals surface area contributed by atoms with Crippen LogP contribution >= 0.6 is 7.75 Å². The summed E-state index contributed by atoms with van der Waals surface area (Å²) in [6, 6.07) is 0. The standard InChI is InChI=1S/C12H18N3O6P/c1-7-5-15(12(17)13-11(7)16)10-4-8-9(20-10)6-19-22(18,21-8)14(2)3/h5,8-10H,4,6H2,1-3H3,(H,13,16,17)/t8-,9+,10+,22-/m0/s1. The monoisotopic (exact) mass is 331 g/mol. The fourth-order valence-electron chi connectivity index (χ4n) is 2.51. The van der Waals surface area contributed by atoms with Gasteiger partial charge in [0.25, 0.3) is 5.56 Å². The van der Waals surface area contributed by atoms with Gasteiger partial charge in [0.1, 0.15) is 18.4 Å². The van der Waals surface area contributed by atoms with E-state index < -0.39 is 37.4 Å². The first-order valence-electron chi connectivity index (χ1n) is 6.88. The van der Waals surface area contributed by atoms with Crippen LogP contribution in [0.25, 0.3) is 0 Å². The molecule has 0 bridgehead atoms. The quantitative estimate of drug-likeness (QED) is 0.773. The number of fused-ring (bicyclic) bond motifs is 1. The van der Waals surface area contributed by atoms with Gasteiger partial charge in [-0.25, -0.2) is 14.0 Å². The van der Waals surface area contributed by atoms with Crippen molar-refractivity contribution in [3.8, 4) is 0 Å². The van der Waals surface area contributed by atoms with E-state index in [0.717, 1.165) is 0 Å². The van der Waals surface area contributed by atoms with Gasteiger partial charge in [-0.05, 0) is 21.0 Å². The van der Waals surface area contributed by atoms with Crippen LogP contribution < -0.4 is 11.2 Å². The van der Waals surface area contributed by atoms with E-state index in [1.165, 1.54) is 15.4 Å². The number of hydrogen-bond donors (Lipinski definition) is 1. The Morgan fingerprint density at radius 3 is 2.77 bits per heavy atom. The summed E-state index contributed by atoms with van der Waals surface area (Å²) < 4.78 is 31.7. The Morgan fingerprint density at radius 2 is 2.09 bits per heavy atom. The molecule has 2 aliphatic rings. The average Bonchev–Trinajstić information content (AvgIpc) is 2.85. The highest BCUT2D eigenvalue weighted by atomic mass is 31.2. The highest BCUT2D eigenvalue weighted by Crippen LogP contribution is 2.56. The largest absolute Gasteiger partial charge is 0.408 e. The highest BCUT2D eigenvalue weighted by molar-refractivity contribution is 7.51. The minimum Gasteiger partial charge on any atom is -0.349 e. The molecule has 0 aromatic carbocycles. The molecule has 0 spiro atoms. The molecule has 1 aromatic rings. The summed E-state index contributed by atoms with van der Waals surface area (Å²) >= 11 is 0. The zero-order valence-electron chi connectivity index (χ0n) is 12.5. The number of nitrogens with zero attached hydrogens (tertiary/aromatic N) is 2. The number of aromatic nitrogens is 2. The smallest absolute Gasteiger partial charge is 0.349 e. The molecule has 3 rings (SSSR count). The fraction of sp³-hybridized carbons (Fsp3) is 0.667. The number of ether oxygens (including phenoxy) is 1. The Balaban J connectivity index is 1.84. The van der Waals surface area contributed by atoms with Gasteiger partial charge in [-0.3, -0.25) is 23.4 Å². The third kappa shape index (κ3) is 2.59. The maximum absolute atomic E-state index is 12.4. The Hall–Kier alpha value is -1.25. The highest BCUT2D eigenvalue weighted by Gasteiger charge is 2.48. The van der Waals surface area contributed by atoms with Crippen molar-refractivity contribution >= 4 is 7.75 Å². The second-order valence-electron chi connectivity index (χ2n) is 5.60. The summed E-state index contributed by atoms with van der Waals surface area (Å²) in [4.78, 5) is 25.6. The van der Waals surface area contributed by atoms with Crippen molar-refractivity contribution in [1.29, 1.82) is 0 Å². The van der Waals surface area contributed by atoms with Crippen molar-refractivity contribution in [2.45, 2.75) is 31.8 Å². The number of nitrogens with one attached hydrogen (secondary N) is 1. The van der Waals surface area contributed by atoms with E-state index in [4.69, 9.17) is 13.8 Å². The molecule has 4 atom stereocenters. The van der Waals surface area contributed by atoms with E-state index in [2.05, 4.69) is 4.98 Å². The Labute approximate surface area is 126 Å². The van der Waals surface area contributed by atoms with Crippen LogP contribution in [0.1, 0.15) is 18.2 Å². The molecule has 2 fully saturated rings. The molecule has 0 unspecified atom stereocenters. The van der Waals surface area contributed by atoms with Gasteiger partial charge in [0.05, 0.1) is 6.61 Å². The van der Waals surface area contributed by atoms with Crippen molar-refractivity contribution < 1.29 is 18.3 Å². The maximum Gasteiger partial charge on any atom is 0.408 e. The minimum absolute atomic E-state index is 0.133. The molecule has 0 aliphatic carbocycles. The van der Waals surface area contributed by atoms with Gasteiger partial charge in [0.15, 0.2) is 0 Å². The van der Waals surface area contributed by atoms with Crippen molar-refractivity contribution in [3.63, 3.8) is 0 Å². The Bertz CT molecular complexity index is 741. The van der Waals surface area contributed by atoms with Gasteiger partial charge in [-0.15, -0.1) is 0 Å². The van der Waals surface area contributed by atoms with Gasteiger partial charge in [0, 0.05) is 18.2 Å². The zero-order chi connectivity index (χ0) is 16.1. The molecule has 9 nitrogen and oxygen atoms in total. The van der Waals surface area contributed by atoms with Gasteiger partial charge < -0.3 is 4.74 Å². The number of hydrogen-bond acceptors (Lipinski definition) is 6. The summed E-state index contributed by atoms with van der Waals surface area (Å²) in [6.45, 7) is 1.74. The predicted octanol–water partition coefficient (Wildman–Crippen LogP) is 0.218.